The molecule has 1 saturated heterocycles. The first kappa shape index (κ1) is 22.1. The normalized spacial score (nSPS) is 14.9. The third kappa shape index (κ3) is 4.58. The molecule has 3 rings (SSSR count). The number of nitrogens with one attached hydrogen (secondary N) is 1. The highest BCUT2D eigenvalue weighted by atomic mass is 32.2. The van der Waals surface area contributed by atoms with Crippen molar-refractivity contribution in [2.75, 3.05) is 45.8 Å². The predicted molar refractivity (Wildman–Crippen MR) is 113 cm³/mol. The Labute approximate surface area is 176 Å². The van der Waals surface area contributed by atoms with E-state index in [1.807, 2.05) is 25.1 Å². The second-order valence-electron chi connectivity index (χ2n) is 6.73. The highest BCUT2D eigenvalue weighted by molar-refractivity contribution is 7.89. The lowest BCUT2D eigenvalue weighted by atomic mass is 10.1. The molecule has 1 amide bonds. The average Bonchev–Trinajstić information content (AvgIpc) is 2.78. The molecule has 0 atom stereocenters. The van der Waals surface area contributed by atoms with Crippen LogP contribution in [0, 0.1) is 0 Å². The first-order chi connectivity index (χ1) is 14.4. The second kappa shape index (κ2) is 9.46. The standard InChI is InChI=1S/C21H26N2O6S/c1-4-15-6-5-7-16(12-15)22-21(24)18-13-17(14-19(27-2)20(18)28-3)30(25,26)23-8-10-29-11-9-23/h5-7,12-14H,4,8-11H2,1-3H3,(H,22,24). The van der Waals surface area contributed by atoms with Crippen molar-refractivity contribution >= 4 is 21.6 Å². The van der Waals surface area contributed by atoms with Crippen molar-refractivity contribution in [2.24, 2.45) is 0 Å². The molecule has 30 heavy (non-hydrogen) atoms. The van der Waals surface area contributed by atoms with Crippen LogP contribution in [-0.2, 0) is 21.2 Å². The number of carbonyl (C=O) groups is 1. The van der Waals surface area contributed by atoms with Crippen LogP contribution in [0.3, 0.4) is 0 Å². The van der Waals surface area contributed by atoms with E-state index in [1.165, 1.54) is 30.7 Å². The Hall–Kier alpha value is -2.62. The molecular weight excluding hydrogens is 408 g/mol. The van der Waals surface area contributed by atoms with Crippen LogP contribution in [0.5, 0.6) is 11.5 Å². The van der Waals surface area contributed by atoms with Gasteiger partial charge in [0.15, 0.2) is 11.5 Å². The van der Waals surface area contributed by atoms with Gasteiger partial charge in [-0.25, -0.2) is 8.42 Å². The molecular formula is C21H26N2O6S. The third-order valence-electron chi connectivity index (χ3n) is 4.90. The van der Waals surface area contributed by atoms with Gasteiger partial charge in [-0.1, -0.05) is 19.1 Å². The number of aryl methyl sites for hydroxylation is 1. The molecule has 1 fully saturated rings. The molecule has 1 aliphatic heterocycles. The maximum Gasteiger partial charge on any atom is 0.259 e. The summed E-state index contributed by atoms with van der Waals surface area (Å²) in [5.74, 6) is -0.153. The fraction of sp³-hybridized carbons (Fsp3) is 0.381. The molecule has 0 radical (unpaired) electrons. The SMILES string of the molecule is CCc1cccc(NC(=O)c2cc(S(=O)(=O)N3CCOCC3)cc(OC)c2OC)c1. The van der Waals surface area contributed by atoms with Gasteiger partial charge < -0.3 is 19.5 Å². The molecule has 0 aliphatic carbocycles. The Kier molecular flexibility index (Phi) is 6.96. The number of rotatable bonds is 7. The number of sulfonamides is 1. The van der Waals surface area contributed by atoms with Crippen LogP contribution in [0.2, 0.25) is 0 Å². The summed E-state index contributed by atoms with van der Waals surface area (Å²) in [5, 5.41) is 2.81. The largest absolute Gasteiger partial charge is 0.493 e. The van der Waals surface area contributed by atoms with Crippen molar-refractivity contribution in [3.05, 3.63) is 47.5 Å². The predicted octanol–water partition coefficient (Wildman–Crippen LogP) is 2.54. The number of morpholine rings is 1. The highest BCUT2D eigenvalue weighted by Crippen LogP contribution is 2.35. The first-order valence-electron chi connectivity index (χ1n) is 9.65. The van der Waals surface area contributed by atoms with E-state index >= 15 is 0 Å². The molecule has 0 bridgehead atoms. The zero-order valence-electron chi connectivity index (χ0n) is 17.3. The van der Waals surface area contributed by atoms with Gasteiger partial charge in [0.05, 0.1) is 37.9 Å². The van der Waals surface area contributed by atoms with Crippen molar-refractivity contribution in [1.29, 1.82) is 0 Å². The summed E-state index contributed by atoms with van der Waals surface area (Å²) in [5.41, 5.74) is 1.76. The fourth-order valence-corrected chi connectivity index (χ4v) is 4.71. The molecule has 162 valence electrons. The van der Waals surface area contributed by atoms with E-state index in [1.54, 1.807) is 6.07 Å². The van der Waals surface area contributed by atoms with E-state index < -0.39 is 15.9 Å². The molecule has 1 heterocycles. The first-order valence-corrected chi connectivity index (χ1v) is 11.1. The second-order valence-corrected chi connectivity index (χ2v) is 8.67. The Bertz CT molecular complexity index is 1020. The molecule has 8 nitrogen and oxygen atoms in total. The lowest BCUT2D eigenvalue weighted by molar-refractivity contribution is 0.0730. The highest BCUT2D eigenvalue weighted by Gasteiger charge is 2.30. The van der Waals surface area contributed by atoms with Gasteiger partial charge in [-0.05, 0) is 30.2 Å². The van der Waals surface area contributed by atoms with Gasteiger partial charge in [0, 0.05) is 24.8 Å². The Morgan fingerprint density at radius 1 is 1.13 bits per heavy atom. The van der Waals surface area contributed by atoms with E-state index in [9.17, 15) is 13.2 Å². The maximum atomic E-state index is 13.1. The van der Waals surface area contributed by atoms with Gasteiger partial charge in [-0.15, -0.1) is 0 Å². The van der Waals surface area contributed by atoms with Gasteiger partial charge in [0.2, 0.25) is 10.0 Å². The van der Waals surface area contributed by atoms with Crippen LogP contribution in [0.25, 0.3) is 0 Å². The molecule has 1 aliphatic rings. The minimum Gasteiger partial charge on any atom is -0.493 e. The molecule has 0 saturated carbocycles. The van der Waals surface area contributed by atoms with E-state index in [2.05, 4.69) is 5.32 Å². The number of hydrogen-bond acceptors (Lipinski definition) is 6. The minimum absolute atomic E-state index is 0.0329. The number of amides is 1. The van der Waals surface area contributed by atoms with Gasteiger partial charge in [0.25, 0.3) is 5.91 Å². The minimum atomic E-state index is -3.82. The van der Waals surface area contributed by atoms with E-state index in [0.717, 1.165) is 12.0 Å². The summed E-state index contributed by atoms with van der Waals surface area (Å²) in [6, 6.07) is 10.2. The smallest absolute Gasteiger partial charge is 0.259 e. The van der Waals surface area contributed by atoms with Crippen LogP contribution < -0.4 is 14.8 Å². The Morgan fingerprint density at radius 2 is 1.87 bits per heavy atom. The summed E-state index contributed by atoms with van der Waals surface area (Å²) in [7, 11) is -1.02. The molecule has 1 N–H and O–H groups in total. The van der Waals surface area contributed by atoms with E-state index in [0.29, 0.717) is 18.9 Å². The number of carbonyl (C=O) groups excluding carboxylic acids is 1. The van der Waals surface area contributed by atoms with Crippen LogP contribution in [0.15, 0.2) is 41.3 Å². The van der Waals surface area contributed by atoms with Crippen molar-refractivity contribution < 1.29 is 27.4 Å². The summed E-state index contributed by atoms with van der Waals surface area (Å²) >= 11 is 0. The molecule has 2 aromatic carbocycles. The van der Waals surface area contributed by atoms with Crippen molar-refractivity contribution in [3.63, 3.8) is 0 Å². The molecule has 9 heteroatoms. The molecule has 0 spiro atoms. The zero-order valence-corrected chi connectivity index (χ0v) is 18.1. The molecule has 0 unspecified atom stereocenters. The number of anilines is 1. The number of methoxy groups -OCH3 is 2. The van der Waals surface area contributed by atoms with Crippen LogP contribution in [-0.4, -0.2) is 59.2 Å². The van der Waals surface area contributed by atoms with Crippen molar-refractivity contribution in [2.45, 2.75) is 18.2 Å². The Balaban J connectivity index is 2.01. The monoisotopic (exact) mass is 434 g/mol. The number of hydrogen-bond donors (Lipinski definition) is 1. The number of ether oxygens (including phenoxy) is 3. The van der Waals surface area contributed by atoms with Gasteiger partial charge >= 0.3 is 0 Å². The van der Waals surface area contributed by atoms with Crippen LogP contribution in [0.4, 0.5) is 5.69 Å². The summed E-state index contributed by atoms with van der Waals surface area (Å²) in [4.78, 5) is 13.0. The zero-order chi connectivity index (χ0) is 21.7. The average molecular weight is 435 g/mol. The van der Waals surface area contributed by atoms with Crippen LogP contribution >= 0.6 is 0 Å². The lowest BCUT2D eigenvalue weighted by Crippen LogP contribution is -2.40. The van der Waals surface area contributed by atoms with Crippen LogP contribution in [0.1, 0.15) is 22.8 Å². The Morgan fingerprint density at radius 3 is 2.50 bits per heavy atom. The third-order valence-corrected chi connectivity index (χ3v) is 6.77. The van der Waals surface area contributed by atoms with Crippen molar-refractivity contribution in [1.82, 2.24) is 4.31 Å². The number of nitrogens with zero attached hydrogens (tertiary/aromatic N) is 1. The van der Waals surface area contributed by atoms with Gasteiger partial charge in [-0.2, -0.15) is 4.31 Å². The van der Waals surface area contributed by atoms with Crippen molar-refractivity contribution in [3.8, 4) is 11.5 Å². The maximum absolute atomic E-state index is 13.1. The van der Waals surface area contributed by atoms with E-state index in [4.69, 9.17) is 14.2 Å². The number of benzene rings is 2. The summed E-state index contributed by atoms with van der Waals surface area (Å²) in [6.07, 6.45) is 0.828. The lowest BCUT2D eigenvalue weighted by Gasteiger charge is -2.26. The quantitative estimate of drug-likeness (QED) is 0.720. The molecule has 2 aromatic rings. The summed E-state index contributed by atoms with van der Waals surface area (Å²) in [6.45, 7) is 3.18. The topological polar surface area (TPSA) is 94.2 Å². The summed E-state index contributed by atoms with van der Waals surface area (Å²) < 4.78 is 43.5. The van der Waals surface area contributed by atoms with Gasteiger partial charge in [0.1, 0.15) is 0 Å². The van der Waals surface area contributed by atoms with E-state index in [-0.39, 0.29) is 35.0 Å². The van der Waals surface area contributed by atoms with Gasteiger partial charge in [-0.3, -0.25) is 4.79 Å². The molecule has 0 aromatic heterocycles. The fourth-order valence-electron chi connectivity index (χ4n) is 3.26.